The summed E-state index contributed by atoms with van der Waals surface area (Å²) >= 11 is 1.47. The Labute approximate surface area is 162 Å². The first-order valence-electron chi connectivity index (χ1n) is 9.07. The first-order valence-corrected chi connectivity index (χ1v) is 9.95. The van der Waals surface area contributed by atoms with Gasteiger partial charge in [-0.2, -0.15) is 0 Å². The first kappa shape index (κ1) is 19.2. The van der Waals surface area contributed by atoms with Crippen molar-refractivity contribution in [2.75, 3.05) is 6.61 Å². The molecule has 1 aliphatic heterocycles. The monoisotopic (exact) mass is 386 g/mol. The van der Waals surface area contributed by atoms with Gasteiger partial charge < -0.3 is 10.1 Å². The van der Waals surface area contributed by atoms with Crippen LogP contribution in [-0.2, 0) is 0 Å². The van der Waals surface area contributed by atoms with E-state index in [9.17, 15) is 14.9 Å². The number of nitro benzene ring substituents is 1. The standard InChI is InChI=1S/C20H22N2O4S/c1-2-3-4-5-12-26-16-9-6-14(7-10-16)20-21-19(23)17-13-15(22(24)25)8-11-18(17)27-20/h6-11,13,20H,2-5,12H2,1H3,(H,21,23). The molecule has 0 bridgehead atoms. The van der Waals surface area contributed by atoms with E-state index in [1.54, 1.807) is 6.07 Å². The zero-order chi connectivity index (χ0) is 19.2. The van der Waals surface area contributed by atoms with Crippen molar-refractivity contribution in [3.8, 4) is 5.75 Å². The molecule has 1 heterocycles. The van der Waals surface area contributed by atoms with Crippen LogP contribution in [0.1, 0.15) is 53.9 Å². The molecule has 0 spiro atoms. The summed E-state index contributed by atoms with van der Waals surface area (Å²) in [6.07, 6.45) is 4.66. The van der Waals surface area contributed by atoms with Crippen molar-refractivity contribution in [2.24, 2.45) is 0 Å². The SMILES string of the molecule is CCCCCCOc1ccc(C2NC(=O)c3cc([N+](=O)[O-])ccc3S2)cc1. The molecule has 0 saturated heterocycles. The Morgan fingerprint density at radius 1 is 1.15 bits per heavy atom. The quantitative estimate of drug-likeness (QED) is 0.388. The molecular weight excluding hydrogens is 364 g/mol. The second-order valence-corrected chi connectivity index (χ2v) is 7.53. The Kier molecular flexibility index (Phi) is 6.34. The predicted molar refractivity (Wildman–Crippen MR) is 105 cm³/mol. The molecule has 142 valence electrons. The van der Waals surface area contributed by atoms with Crippen LogP contribution in [0.4, 0.5) is 5.69 Å². The van der Waals surface area contributed by atoms with Gasteiger partial charge in [-0.25, -0.2) is 0 Å². The Morgan fingerprint density at radius 3 is 2.63 bits per heavy atom. The van der Waals surface area contributed by atoms with Crippen LogP contribution in [0.25, 0.3) is 0 Å². The van der Waals surface area contributed by atoms with Crippen LogP contribution < -0.4 is 10.1 Å². The number of non-ortho nitro benzene ring substituents is 1. The van der Waals surface area contributed by atoms with Gasteiger partial charge in [-0.05, 0) is 30.2 Å². The molecular formula is C20H22N2O4S. The number of hydrogen-bond acceptors (Lipinski definition) is 5. The molecule has 0 aliphatic carbocycles. The summed E-state index contributed by atoms with van der Waals surface area (Å²) in [5, 5.41) is 13.6. The van der Waals surface area contributed by atoms with E-state index >= 15 is 0 Å². The molecule has 1 N–H and O–H groups in total. The number of fused-ring (bicyclic) bond motifs is 1. The van der Waals surface area contributed by atoms with E-state index in [1.165, 1.54) is 43.2 Å². The van der Waals surface area contributed by atoms with Crippen molar-refractivity contribution in [1.29, 1.82) is 0 Å². The maximum atomic E-state index is 12.4. The zero-order valence-corrected chi connectivity index (χ0v) is 16.0. The van der Waals surface area contributed by atoms with Crippen molar-refractivity contribution in [1.82, 2.24) is 5.32 Å². The van der Waals surface area contributed by atoms with E-state index in [0.29, 0.717) is 12.2 Å². The average Bonchev–Trinajstić information content (AvgIpc) is 2.68. The number of ether oxygens (including phenoxy) is 1. The van der Waals surface area contributed by atoms with Gasteiger partial charge in [0.05, 0.1) is 17.1 Å². The summed E-state index contributed by atoms with van der Waals surface area (Å²) in [5.74, 6) is 0.520. The number of carbonyl (C=O) groups excluding carboxylic acids is 1. The highest BCUT2D eigenvalue weighted by Crippen LogP contribution is 2.40. The highest BCUT2D eigenvalue weighted by Gasteiger charge is 2.27. The van der Waals surface area contributed by atoms with Crippen molar-refractivity contribution in [3.63, 3.8) is 0 Å². The van der Waals surface area contributed by atoms with Crippen molar-refractivity contribution < 1.29 is 14.5 Å². The Morgan fingerprint density at radius 2 is 1.93 bits per heavy atom. The lowest BCUT2D eigenvalue weighted by Gasteiger charge is -2.25. The summed E-state index contributed by atoms with van der Waals surface area (Å²) in [7, 11) is 0. The van der Waals surface area contributed by atoms with Gasteiger partial charge in [-0.1, -0.05) is 50.1 Å². The number of amides is 1. The third-order valence-electron chi connectivity index (χ3n) is 4.38. The van der Waals surface area contributed by atoms with Crippen LogP contribution in [-0.4, -0.2) is 17.4 Å². The number of unbranched alkanes of at least 4 members (excludes halogenated alkanes) is 3. The van der Waals surface area contributed by atoms with Gasteiger partial charge in [0.25, 0.3) is 11.6 Å². The van der Waals surface area contributed by atoms with E-state index in [0.717, 1.165) is 22.6 Å². The maximum absolute atomic E-state index is 12.4. The number of carbonyl (C=O) groups is 1. The lowest BCUT2D eigenvalue weighted by molar-refractivity contribution is -0.384. The number of nitrogens with zero attached hydrogens (tertiary/aromatic N) is 1. The molecule has 7 heteroatoms. The fourth-order valence-corrected chi connectivity index (χ4v) is 4.01. The molecule has 1 aliphatic rings. The van der Waals surface area contributed by atoms with Gasteiger partial charge in [-0.15, -0.1) is 0 Å². The van der Waals surface area contributed by atoms with E-state index < -0.39 is 4.92 Å². The first-order chi connectivity index (χ1) is 13.1. The molecule has 0 fully saturated rings. The van der Waals surface area contributed by atoms with Gasteiger partial charge in [0, 0.05) is 17.0 Å². The molecule has 3 rings (SSSR count). The fraction of sp³-hybridized carbons (Fsp3) is 0.350. The van der Waals surface area contributed by atoms with Crippen molar-refractivity contribution in [2.45, 2.75) is 42.9 Å². The fourth-order valence-electron chi connectivity index (χ4n) is 2.87. The summed E-state index contributed by atoms with van der Waals surface area (Å²) < 4.78 is 5.75. The molecule has 2 aromatic carbocycles. The molecule has 1 amide bonds. The zero-order valence-electron chi connectivity index (χ0n) is 15.1. The molecule has 6 nitrogen and oxygen atoms in total. The molecule has 1 atom stereocenters. The number of nitro groups is 1. The van der Waals surface area contributed by atoms with Gasteiger partial charge in [0.2, 0.25) is 0 Å². The number of hydrogen-bond donors (Lipinski definition) is 1. The largest absolute Gasteiger partial charge is 0.494 e. The molecule has 1 unspecified atom stereocenters. The maximum Gasteiger partial charge on any atom is 0.270 e. The third kappa shape index (κ3) is 4.80. The molecule has 0 saturated carbocycles. The minimum absolute atomic E-state index is 0.0802. The smallest absolute Gasteiger partial charge is 0.270 e. The van der Waals surface area contributed by atoms with Crippen LogP contribution in [0.3, 0.4) is 0 Å². The second kappa shape index (κ2) is 8.90. The highest BCUT2D eigenvalue weighted by molar-refractivity contribution is 7.99. The van der Waals surface area contributed by atoms with Crippen LogP contribution in [0, 0.1) is 10.1 Å². The molecule has 0 aromatic heterocycles. The van der Waals surface area contributed by atoms with Crippen LogP contribution in [0.15, 0.2) is 47.4 Å². The molecule has 2 aromatic rings. The van der Waals surface area contributed by atoms with Gasteiger partial charge in [-0.3, -0.25) is 14.9 Å². The van der Waals surface area contributed by atoms with Crippen molar-refractivity contribution >= 4 is 23.4 Å². The summed E-state index contributed by atoms with van der Waals surface area (Å²) in [4.78, 5) is 23.5. The van der Waals surface area contributed by atoms with Gasteiger partial charge in [0.1, 0.15) is 11.1 Å². The Bertz CT molecular complexity index is 823. The number of rotatable bonds is 8. The van der Waals surface area contributed by atoms with E-state index in [4.69, 9.17) is 4.74 Å². The highest BCUT2D eigenvalue weighted by atomic mass is 32.2. The van der Waals surface area contributed by atoms with Gasteiger partial charge in [0.15, 0.2) is 0 Å². The number of thioether (sulfide) groups is 1. The Hall–Kier alpha value is -2.54. The third-order valence-corrected chi connectivity index (χ3v) is 5.61. The summed E-state index contributed by atoms with van der Waals surface area (Å²) in [6, 6.07) is 12.1. The minimum Gasteiger partial charge on any atom is -0.494 e. The second-order valence-electron chi connectivity index (χ2n) is 6.39. The normalized spacial score (nSPS) is 15.7. The summed E-state index contributed by atoms with van der Waals surface area (Å²) in [6.45, 7) is 2.89. The van der Waals surface area contributed by atoms with E-state index in [1.807, 2.05) is 24.3 Å². The van der Waals surface area contributed by atoms with Crippen LogP contribution in [0.5, 0.6) is 5.75 Å². The van der Waals surface area contributed by atoms with E-state index in [2.05, 4.69) is 12.2 Å². The predicted octanol–water partition coefficient (Wildman–Crippen LogP) is 5.09. The van der Waals surface area contributed by atoms with Gasteiger partial charge >= 0.3 is 0 Å². The lowest BCUT2D eigenvalue weighted by atomic mass is 10.1. The van der Waals surface area contributed by atoms with E-state index in [-0.39, 0.29) is 17.0 Å². The molecule has 0 radical (unpaired) electrons. The lowest BCUT2D eigenvalue weighted by Crippen LogP contribution is -2.30. The number of nitrogens with one attached hydrogen (secondary N) is 1. The minimum atomic E-state index is -0.495. The topological polar surface area (TPSA) is 81.5 Å². The van der Waals surface area contributed by atoms with Crippen molar-refractivity contribution in [3.05, 3.63) is 63.7 Å². The Balaban J connectivity index is 1.64. The average molecular weight is 386 g/mol. The summed E-state index contributed by atoms with van der Waals surface area (Å²) in [5.41, 5.74) is 1.22. The van der Waals surface area contributed by atoms with Crippen LogP contribution >= 0.6 is 11.8 Å². The number of benzene rings is 2. The molecule has 27 heavy (non-hydrogen) atoms. The van der Waals surface area contributed by atoms with Crippen LogP contribution in [0.2, 0.25) is 0 Å².